The van der Waals surface area contributed by atoms with Gasteiger partial charge >= 0.3 is 0 Å². The highest BCUT2D eigenvalue weighted by molar-refractivity contribution is 7.93. The Morgan fingerprint density at radius 1 is 1.00 bits per heavy atom. The van der Waals surface area contributed by atoms with Gasteiger partial charge in [0.1, 0.15) is 0 Å². The van der Waals surface area contributed by atoms with Crippen molar-refractivity contribution in [3.05, 3.63) is 29.8 Å². The molecule has 8 heteroatoms. The Balaban J connectivity index is 1.38. The lowest BCUT2D eigenvalue weighted by molar-refractivity contribution is -0.0956. The van der Waals surface area contributed by atoms with Gasteiger partial charge in [-0.25, -0.2) is 8.42 Å². The average molecular weight is 380 g/mol. The molecule has 1 amide bonds. The van der Waals surface area contributed by atoms with Crippen LogP contribution < -0.4 is 4.31 Å². The third-order valence-electron chi connectivity index (χ3n) is 5.36. The molecule has 0 bridgehead atoms. The van der Waals surface area contributed by atoms with Gasteiger partial charge < -0.3 is 14.4 Å². The molecule has 0 atom stereocenters. The van der Waals surface area contributed by atoms with Crippen LogP contribution in [0.2, 0.25) is 0 Å². The maximum Gasteiger partial charge on any atom is 0.253 e. The predicted octanol–water partition coefficient (Wildman–Crippen LogP) is 1.45. The van der Waals surface area contributed by atoms with Crippen molar-refractivity contribution in [1.82, 2.24) is 4.90 Å². The summed E-state index contributed by atoms with van der Waals surface area (Å²) >= 11 is 0. The number of rotatable bonds is 3. The average Bonchev–Trinajstić information content (AvgIpc) is 3.31. The smallest absolute Gasteiger partial charge is 0.253 e. The van der Waals surface area contributed by atoms with Crippen molar-refractivity contribution in [2.24, 2.45) is 5.92 Å². The first-order chi connectivity index (χ1) is 12.5. The summed E-state index contributed by atoms with van der Waals surface area (Å²) in [4.78, 5) is 14.6. The van der Waals surface area contributed by atoms with Gasteiger partial charge in [-0.15, -0.1) is 0 Å². The number of carbonyl (C=O) groups excluding carboxylic acids is 1. The molecular formula is C18H24N2O5S. The molecular weight excluding hydrogens is 356 g/mol. The van der Waals surface area contributed by atoms with Crippen LogP contribution in [0.3, 0.4) is 0 Å². The van der Waals surface area contributed by atoms with Crippen LogP contribution in [0.4, 0.5) is 5.69 Å². The molecule has 0 radical (unpaired) electrons. The Hall–Kier alpha value is -1.64. The monoisotopic (exact) mass is 380 g/mol. The van der Waals surface area contributed by atoms with E-state index in [0.717, 1.165) is 12.8 Å². The number of ether oxygens (including phenoxy) is 2. The first-order valence-electron chi connectivity index (χ1n) is 9.17. The molecule has 3 aliphatic heterocycles. The van der Waals surface area contributed by atoms with E-state index in [1.165, 1.54) is 4.31 Å². The van der Waals surface area contributed by atoms with Crippen LogP contribution in [-0.2, 0) is 19.5 Å². The van der Waals surface area contributed by atoms with Crippen molar-refractivity contribution in [1.29, 1.82) is 0 Å². The van der Waals surface area contributed by atoms with Crippen LogP contribution >= 0.6 is 0 Å². The van der Waals surface area contributed by atoms with Crippen LogP contribution in [-0.4, -0.2) is 64.1 Å². The van der Waals surface area contributed by atoms with Crippen molar-refractivity contribution >= 4 is 21.6 Å². The number of hydrogen-bond acceptors (Lipinski definition) is 5. The molecule has 3 fully saturated rings. The van der Waals surface area contributed by atoms with Gasteiger partial charge in [0.15, 0.2) is 6.29 Å². The number of sulfonamides is 1. The summed E-state index contributed by atoms with van der Waals surface area (Å²) in [5.74, 6) is 0.536. The highest BCUT2D eigenvalue weighted by atomic mass is 32.2. The molecule has 7 nitrogen and oxygen atoms in total. The molecule has 0 aromatic heterocycles. The minimum absolute atomic E-state index is 0.00691. The Morgan fingerprint density at radius 3 is 2.23 bits per heavy atom. The van der Waals surface area contributed by atoms with Crippen molar-refractivity contribution in [3.63, 3.8) is 0 Å². The van der Waals surface area contributed by atoms with E-state index < -0.39 is 10.0 Å². The van der Waals surface area contributed by atoms with E-state index in [4.69, 9.17) is 9.47 Å². The molecule has 3 saturated heterocycles. The largest absolute Gasteiger partial charge is 0.350 e. The van der Waals surface area contributed by atoms with Crippen LogP contribution in [0.1, 0.15) is 29.6 Å². The Labute approximate surface area is 153 Å². The van der Waals surface area contributed by atoms with Crippen molar-refractivity contribution in [2.75, 3.05) is 42.9 Å². The molecule has 0 aliphatic carbocycles. The first-order valence-corrected chi connectivity index (χ1v) is 10.8. The number of likely N-dealkylation sites (tertiary alicyclic amines) is 1. The number of anilines is 1. The summed E-state index contributed by atoms with van der Waals surface area (Å²) in [5, 5.41) is 0. The first kappa shape index (κ1) is 17.8. The second-order valence-corrected chi connectivity index (χ2v) is 9.04. The summed E-state index contributed by atoms with van der Waals surface area (Å²) in [6.45, 7) is 3.20. The summed E-state index contributed by atoms with van der Waals surface area (Å²) in [7, 11) is -3.19. The number of carbonyl (C=O) groups is 1. The van der Waals surface area contributed by atoms with Gasteiger partial charge in [0, 0.05) is 31.1 Å². The topological polar surface area (TPSA) is 76.2 Å². The molecule has 0 saturated carbocycles. The molecule has 0 spiro atoms. The third-order valence-corrected chi connectivity index (χ3v) is 7.23. The molecule has 26 heavy (non-hydrogen) atoms. The molecule has 142 valence electrons. The highest BCUT2D eigenvalue weighted by Crippen LogP contribution is 2.28. The second-order valence-electron chi connectivity index (χ2n) is 7.03. The fourth-order valence-electron chi connectivity index (χ4n) is 3.91. The van der Waals surface area contributed by atoms with E-state index >= 15 is 0 Å². The van der Waals surface area contributed by atoms with E-state index in [0.29, 0.717) is 56.4 Å². The minimum atomic E-state index is -3.19. The maximum atomic E-state index is 12.7. The van der Waals surface area contributed by atoms with E-state index in [1.807, 2.05) is 4.90 Å². The van der Waals surface area contributed by atoms with Crippen LogP contribution in [0, 0.1) is 5.92 Å². The standard InChI is InChI=1S/C18H24N2O5S/c21-17(19-9-6-15(7-10-19)18-24-11-12-25-18)14-2-4-16(5-3-14)20-8-1-13-26(20,22)23/h2-5,15,18H,1,6-13H2. The molecule has 0 unspecified atom stereocenters. The fourth-order valence-corrected chi connectivity index (χ4v) is 5.47. The number of benzene rings is 1. The lowest BCUT2D eigenvalue weighted by Gasteiger charge is -2.34. The number of amides is 1. The number of nitrogens with zero attached hydrogens (tertiary/aromatic N) is 2. The van der Waals surface area contributed by atoms with Gasteiger partial charge in [0.25, 0.3) is 5.91 Å². The zero-order chi connectivity index (χ0) is 18.1. The molecule has 4 rings (SSSR count). The lowest BCUT2D eigenvalue weighted by atomic mass is 9.95. The maximum absolute atomic E-state index is 12.7. The molecule has 3 aliphatic rings. The minimum Gasteiger partial charge on any atom is -0.350 e. The zero-order valence-electron chi connectivity index (χ0n) is 14.7. The van der Waals surface area contributed by atoms with Gasteiger partial charge in [-0.3, -0.25) is 9.10 Å². The van der Waals surface area contributed by atoms with Gasteiger partial charge in [0.05, 0.1) is 24.7 Å². The van der Waals surface area contributed by atoms with E-state index in [1.54, 1.807) is 24.3 Å². The quantitative estimate of drug-likeness (QED) is 0.793. The zero-order valence-corrected chi connectivity index (χ0v) is 15.5. The summed E-state index contributed by atoms with van der Waals surface area (Å²) in [6.07, 6.45) is 2.28. The van der Waals surface area contributed by atoms with Crippen molar-refractivity contribution in [3.8, 4) is 0 Å². The number of piperidine rings is 1. The van der Waals surface area contributed by atoms with Crippen LogP contribution in [0.25, 0.3) is 0 Å². The SMILES string of the molecule is O=C(c1ccc(N2CCCS2(=O)=O)cc1)N1CCC(C2OCCO2)CC1. The van der Waals surface area contributed by atoms with Crippen molar-refractivity contribution < 1.29 is 22.7 Å². The van der Waals surface area contributed by atoms with E-state index in [9.17, 15) is 13.2 Å². The van der Waals surface area contributed by atoms with E-state index in [2.05, 4.69) is 0 Å². The predicted molar refractivity (Wildman–Crippen MR) is 96.5 cm³/mol. The van der Waals surface area contributed by atoms with E-state index in [-0.39, 0.29) is 18.0 Å². The molecule has 1 aromatic carbocycles. The second kappa shape index (κ2) is 7.17. The van der Waals surface area contributed by atoms with Gasteiger partial charge in [-0.1, -0.05) is 0 Å². The molecule has 3 heterocycles. The van der Waals surface area contributed by atoms with Gasteiger partial charge in [-0.2, -0.15) is 0 Å². The Kier molecular flexibility index (Phi) is 4.90. The Morgan fingerprint density at radius 2 is 1.65 bits per heavy atom. The van der Waals surface area contributed by atoms with Crippen LogP contribution in [0.5, 0.6) is 0 Å². The van der Waals surface area contributed by atoms with Crippen molar-refractivity contribution in [2.45, 2.75) is 25.6 Å². The van der Waals surface area contributed by atoms with Gasteiger partial charge in [0.2, 0.25) is 10.0 Å². The third kappa shape index (κ3) is 3.45. The Bertz CT molecular complexity index is 750. The molecule has 0 N–H and O–H groups in total. The summed E-state index contributed by atoms with van der Waals surface area (Å²) < 4.78 is 36.6. The number of hydrogen-bond donors (Lipinski definition) is 0. The summed E-state index contributed by atoms with van der Waals surface area (Å²) in [6, 6.07) is 6.90. The highest BCUT2D eigenvalue weighted by Gasteiger charge is 2.32. The summed E-state index contributed by atoms with van der Waals surface area (Å²) in [5.41, 5.74) is 1.23. The fraction of sp³-hybridized carbons (Fsp3) is 0.611. The van der Waals surface area contributed by atoms with Gasteiger partial charge in [-0.05, 0) is 43.5 Å². The normalized spacial score (nSPS) is 24.3. The van der Waals surface area contributed by atoms with Crippen LogP contribution in [0.15, 0.2) is 24.3 Å². The molecule has 1 aromatic rings. The lowest BCUT2D eigenvalue weighted by Crippen LogP contribution is -2.41.